The van der Waals surface area contributed by atoms with Crippen molar-refractivity contribution in [1.29, 1.82) is 0 Å². The topological polar surface area (TPSA) is 76.0 Å². The highest BCUT2D eigenvalue weighted by atomic mass is 16.2. The molecule has 0 unspecified atom stereocenters. The molecule has 2 heterocycles. The van der Waals surface area contributed by atoms with E-state index >= 15 is 0 Å². The van der Waals surface area contributed by atoms with Crippen LogP contribution in [-0.2, 0) is 13.0 Å². The SMILES string of the molecule is C=CCNC(=O)c1nc(C(=O)Nc2cc(C)ccc2C)c2n1CCCC2. The van der Waals surface area contributed by atoms with Gasteiger partial charge in [-0.05, 0) is 50.3 Å². The van der Waals surface area contributed by atoms with Crippen LogP contribution in [0.25, 0.3) is 0 Å². The summed E-state index contributed by atoms with van der Waals surface area (Å²) in [5.74, 6) is -0.251. The Morgan fingerprint density at radius 2 is 2.08 bits per heavy atom. The van der Waals surface area contributed by atoms with E-state index in [9.17, 15) is 9.59 Å². The molecule has 0 fully saturated rings. The van der Waals surface area contributed by atoms with Gasteiger partial charge < -0.3 is 15.2 Å². The fourth-order valence-electron chi connectivity index (χ4n) is 3.19. The molecule has 2 aromatic rings. The summed E-state index contributed by atoms with van der Waals surface area (Å²) in [4.78, 5) is 29.7. The molecule has 2 N–H and O–H groups in total. The third-order valence-corrected chi connectivity index (χ3v) is 4.58. The lowest BCUT2D eigenvalue weighted by molar-refractivity contribution is 0.0942. The Balaban J connectivity index is 1.92. The molecular formula is C20H24N4O2. The van der Waals surface area contributed by atoms with Crippen LogP contribution < -0.4 is 10.6 Å². The number of aryl methyl sites for hydroxylation is 2. The van der Waals surface area contributed by atoms with Crippen LogP contribution in [0.1, 0.15) is 50.8 Å². The smallest absolute Gasteiger partial charge is 0.287 e. The average Bonchev–Trinajstić information content (AvgIpc) is 3.02. The van der Waals surface area contributed by atoms with Gasteiger partial charge >= 0.3 is 0 Å². The Morgan fingerprint density at radius 1 is 1.27 bits per heavy atom. The largest absolute Gasteiger partial charge is 0.346 e. The number of benzene rings is 1. The number of nitrogens with zero attached hydrogens (tertiary/aromatic N) is 2. The van der Waals surface area contributed by atoms with E-state index in [0.29, 0.717) is 24.6 Å². The van der Waals surface area contributed by atoms with Crippen LogP contribution in [-0.4, -0.2) is 27.9 Å². The standard InChI is InChI=1S/C20H24N4O2/c1-4-10-21-20(26)18-23-17(16-7-5-6-11-24(16)18)19(25)22-15-12-13(2)8-9-14(15)3/h4,8-9,12H,1,5-7,10-11H2,2-3H3,(H,21,26)(H,22,25). The van der Waals surface area contributed by atoms with Crippen molar-refractivity contribution < 1.29 is 9.59 Å². The number of fused-ring (bicyclic) bond motifs is 1. The van der Waals surface area contributed by atoms with E-state index in [1.54, 1.807) is 6.08 Å². The lowest BCUT2D eigenvalue weighted by Gasteiger charge is -2.17. The van der Waals surface area contributed by atoms with Crippen molar-refractivity contribution in [3.8, 4) is 0 Å². The molecule has 2 amide bonds. The minimum atomic E-state index is -0.279. The molecule has 26 heavy (non-hydrogen) atoms. The van der Waals surface area contributed by atoms with Gasteiger partial charge in [-0.3, -0.25) is 9.59 Å². The molecule has 0 radical (unpaired) electrons. The van der Waals surface area contributed by atoms with Crippen LogP contribution in [0, 0.1) is 13.8 Å². The van der Waals surface area contributed by atoms with Crippen molar-refractivity contribution in [3.05, 3.63) is 59.2 Å². The molecule has 1 aromatic heterocycles. The molecule has 0 aliphatic carbocycles. The van der Waals surface area contributed by atoms with Gasteiger partial charge in [0.2, 0.25) is 0 Å². The Kier molecular flexibility index (Phi) is 5.21. The van der Waals surface area contributed by atoms with Crippen LogP contribution in [0.15, 0.2) is 30.9 Å². The third-order valence-electron chi connectivity index (χ3n) is 4.58. The number of hydrogen-bond acceptors (Lipinski definition) is 3. The highest BCUT2D eigenvalue weighted by Gasteiger charge is 2.27. The van der Waals surface area contributed by atoms with Gasteiger partial charge in [0, 0.05) is 18.8 Å². The van der Waals surface area contributed by atoms with E-state index in [1.165, 1.54) is 0 Å². The summed E-state index contributed by atoms with van der Waals surface area (Å²) in [7, 11) is 0. The lowest BCUT2D eigenvalue weighted by atomic mass is 10.1. The summed E-state index contributed by atoms with van der Waals surface area (Å²) >= 11 is 0. The number of anilines is 1. The Bertz CT molecular complexity index is 867. The number of hydrogen-bond donors (Lipinski definition) is 2. The van der Waals surface area contributed by atoms with Crippen molar-refractivity contribution in [3.63, 3.8) is 0 Å². The maximum absolute atomic E-state index is 12.9. The van der Waals surface area contributed by atoms with E-state index in [-0.39, 0.29) is 11.8 Å². The zero-order valence-electron chi connectivity index (χ0n) is 15.3. The number of nitrogens with one attached hydrogen (secondary N) is 2. The van der Waals surface area contributed by atoms with Crippen molar-refractivity contribution in [1.82, 2.24) is 14.9 Å². The van der Waals surface area contributed by atoms with E-state index in [2.05, 4.69) is 22.2 Å². The first-order chi connectivity index (χ1) is 12.5. The second-order valence-electron chi connectivity index (χ2n) is 6.61. The average molecular weight is 352 g/mol. The summed E-state index contributed by atoms with van der Waals surface area (Å²) < 4.78 is 1.87. The molecule has 0 atom stereocenters. The quantitative estimate of drug-likeness (QED) is 0.812. The summed E-state index contributed by atoms with van der Waals surface area (Å²) in [6.07, 6.45) is 4.33. The number of imidazole rings is 1. The lowest BCUT2D eigenvalue weighted by Crippen LogP contribution is -2.28. The minimum Gasteiger partial charge on any atom is -0.346 e. The molecule has 1 aliphatic rings. The first-order valence-electron chi connectivity index (χ1n) is 8.88. The van der Waals surface area contributed by atoms with Gasteiger partial charge in [0.15, 0.2) is 11.5 Å². The maximum atomic E-state index is 12.9. The highest BCUT2D eigenvalue weighted by Crippen LogP contribution is 2.23. The molecule has 1 aromatic carbocycles. The van der Waals surface area contributed by atoms with Gasteiger partial charge in [0.1, 0.15) is 0 Å². The second-order valence-corrected chi connectivity index (χ2v) is 6.61. The van der Waals surface area contributed by atoms with Crippen LogP contribution >= 0.6 is 0 Å². The van der Waals surface area contributed by atoms with Crippen molar-refractivity contribution >= 4 is 17.5 Å². The monoisotopic (exact) mass is 352 g/mol. The van der Waals surface area contributed by atoms with Crippen LogP contribution in [0.3, 0.4) is 0 Å². The molecule has 6 nitrogen and oxygen atoms in total. The third kappa shape index (κ3) is 3.54. The molecule has 6 heteroatoms. The fraction of sp³-hybridized carbons (Fsp3) is 0.350. The summed E-state index contributed by atoms with van der Waals surface area (Å²) in [6, 6.07) is 5.92. The van der Waals surface area contributed by atoms with Crippen molar-refractivity contribution in [2.45, 2.75) is 39.7 Å². The molecule has 136 valence electrons. The molecule has 0 saturated carbocycles. The van der Waals surface area contributed by atoms with E-state index < -0.39 is 0 Å². The van der Waals surface area contributed by atoms with Gasteiger partial charge in [-0.15, -0.1) is 6.58 Å². The zero-order chi connectivity index (χ0) is 18.7. The summed E-state index contributed by atoms with van der Waals surface area (Å²) in [5.41, 5.74) is 4.01. The molecule has 1 aliphatic heterocycles. The van der Waals surface area contributed by atoms with Crippen molar-refractivity contribution in [2.24, 2.45) is 0 Å². The fourth-order valence-corrected chi connectivity index (χ4v) is 3.19. The first-order valence-corrected chi connectivity index (χ1v) is 8.88. The van der Waals surface area contributed by atoms with Gasteiger partial charge in [0.05, 0.1) is 5.69 Å². The number of carbonyl (C=O) groups excluding carboxylic acids is 2. The van der Waals surface area contributed by atoms with Gasteiger partial charge in [-0.2, -0.15) is 0 Å². The molecule has 0 saturated heterocycles. The number of rotatable bonds is 5. The molecule has 0 spiro atoms. The second kappa shape index (κ2) is 7.56. The Labute approximate surface area is 153 Å². The predicted molar refractivity (Wildman–Crippen MR) is 102 cm³/mol. The number of aromatic nitrogens is 2. The van der Waals surface area contributed by atoms with Crippen molar-refractivity contribution in [2.75, 3.05) is 11.9 Å². The van der Waals surface area contributed by atoms with Crippen LogP contribution in [0.5, 0.6) is 0 Å². The summed E-state index contributed by atoms with van der Waals surface area (Å²) in [6.45, 7) is 8.61. The van der Waals surface area contributed by atoms with E-state index in [1.807, 2.05) is 36.6 Å². The van der Waals surface area contributed by atoms with Gasteiger partial charge in [-0.1, -0.05) is 18.2 Å². The van der Waals surface area contributed by atoms with Crippen LogP contribution in [0.4, 0.5) is 5.69 Å². The molecule has 3 rings (SSSR count). The zero-order valence-corrected chi connectivity index (χ0v) is 15.3. The van der Waals surface area contributed by atoms with Gasteiger partial charge in [0.25, 0.3) is 11.8 Å². The Hall–Kier alpha value is -2.89. The van der Waals surface area contributed by atoms with Gasteiger partial charge in [-0.25, -0.2) is 4.98 Å². The summed E-state index contributed by atoms with van der Waals surface area (Å²) in [5, 5.41) is 5.70. The normalized spacial score (nSPS) is 13.0. The van der Waals surface area contributed by atoms with E-state index in [0.717, 1.165) is 41.8 Å². The predicted octanol–water partition coefficient (Wildman–Crippen LogP) is 3.00. The Morgan fingerprint density at radius 3 is 2.85 bits per heavy atom. The molecule has 0 bridgehead atoms. The maximum Gasteiger partial charge on any atom is 0.287 e. The molecular weight excluding hydrogens is 328 g/mol. The van der Waals surface area contributed by atoms with E-state index in [4.69, 9.17) is 0 Å². The number of amides is 2. The minimum absolute atomic E-state index is 0.271. The highest BCUT2D eigenvalue weighted by molar-refractivity contribution is 6.05. The number of carbonyl (C=O) groups is 2. The van der Waals surface area contributed by atoms with Crippen LogP contribution in [0.2, 0.25) is 0 Å². The first kappa shape index (κ1) is 17.9.